The van der Waals surface area contributed by atoms with Crippen LogP contribution in [-0.2, 0) is 0 Å². The van der Waals surface area contributed by atoms with Gasteiger partial charge in [-0.05, 0) is 12.8 Å². The first-order valence-electron chi connectivity index (χ1n) is 6.85. The number of nitrogens with zero attached hydrogens (tertiary/aromatic N) is 1. The fourth-order valence-electron chi connectivity index (χ4n) is 2.27. The Hall–Kier alpha value is 0.01000. The molecule has 3 atom stereocenters. The summed E-state index contributed by atoms with van der Waals surface area (Å²) in [4.78, 5) is 2.64. The lowest BCUT2D eigenvalue weighted by molar-refractivity contribution is 0.126. The molecule has 17 heavy (non-hydrogen) atoms. The molecule has 100 valence electrons. The standard InChI is InChI=1S/C14H28N2S/c1-5-8-17-9-7-16-11-14(12(3)6-2)15-10-13(16)4/h5,12-15H,1,6-11H2,2-4H3. The third kappa shape index (κ3) is 5.02. The summed E-state index contributed by atoms with van der Waals surface area (Å²) in [6, 6.07) is 1.36. The minimum atomic E-state index is 0.680. The van der Waals surface area contributed by atoms with E-state index in [-0.39, 0.29) is 0 Å². The summed E-state index contributed by atoms with van der Waals surface area (Å²) >= 11 is 1.98. The number of nitrogens with one attached hydrogen (secondary N) is 1. The predicted octanol–water partition coefficient (Wildman–Crippen LogP) is 2.61. The first-order chi connectivity index (χ1) is 8.19. The van der Waals surface area contributed by atoms with Crippen molar-refractivity contribution in [2.24, 2.45) is 5.92 Å². The summed E-state index contributed by atoms with van der Waals surface area (Å²) < 4.78 is 0. The van der Waals surface area contributed by atoms with Crippen molar-refractivity contribution in [1.82, 2.24) is 10.2 Å². The largest absolute Gasteiger partial charge is 0.311 e. The van der Waals surface area contributed by atoms with Crippen LogP contribution in [0.4, 0.5) is 0 Å². The maximum atomic E-state index is 3.76. The molecule has 0 amide bonds. The number of hydrogen-bond acceptors (Lipinski definition) is 3. The van der Waals surface area contributed by atoms with Gasteiger partial charge >= 0.3 is 0 Å². The van der Waals surface area contributed by atoms with Crippen molar-refractivity contribution in [2.45, 2.75) is 39.3 Å². The molecule has 0 bridgehead atoms. The topological polar surface area (TPSA) is 15.3 Å². The monoisotopic (exact) mass is 256 g/mol. The van der Waals surface area contributed by atoms with Crippen LogP contribution in [0.25, 0.3) is 0 Å². The molecule has 0 saturated carbocycles. The second-order valence-corrected chi connectivity index (χ2v) is 6.26. The van der Waals surface area contributed by atoms with Crippen LogP contribution in [0.1, 0.15) is 27.2 Å². The van der Waals surface area contributed by atoms with E-state index in [0.717, 1.165) is 18.2 Å². The summed E-state index contributed by atoms with van der Waals surface area (Å²) in [5.41, 5.74) is 0. The Morgan fingerprint density at radius 3 is 3.00 bits per heavy atom. The third-order valence-electron chi connectivity index (χ3n) is 3.82. The highest BCUT2D eigenvalue weighted by atomic mass is 32.2. The Kier molecular flexibility index (Phi) is 7.24. The van der Waals surface area contributed by atoms with Crippen molar-refractivity contribution in [3.05, 3.63) is 12.7 Å². The zero-order valence-electron chi connectivity index (χ0n) is 11.6. The van der Waals surface area contributed by atoms with Crippen LogP contribution in [0.5, 0.6) is 0 Å². The summed E-state index contributed by atoms with van der Waals surface area (Å²) in [6.45, 7) is 14.3. The van der Waals surface area contributed by atoms with Gasteiger partial charge in [0.1, 0.15) is 0 Å². The Balaban J connectivity index is 2.32. The molecule has 0 aliphatic carbocycles. The highest BCUT2D eigenvalue weighted by molar-refractivity contribution is 7.99. The normalized spacial score (nSPS) is 27.9. The van der Waals surface area contributed by atoms with Gasteiger partial charge in [0, 0.05) is 43.2 Å². The molecule has 1 N–H and O–H groups in total. The summed E-state index contributed by atoms with van der Waals surface area (Å²) in [6.07, 6.45) is 3.26. The van der Waals surface area contributed by atoms with Crippen LogP contribution in [-0.4, -0.2) is 48.1 Å². The van der Waals surface area contributed by atoms with E-state index >= 15 is 0 Å². The van der Waals surface area contributed by atoms with Crippen molar-refractivity contribution in [3.8, 4) is 0 Å². The predicted molar refractivity (Wildman–Crippen MR) is 79.8 cm³/mol. The van der Waals surface area contributed by atoms with Crippen molar-refractivity contribution in [2.75, 3.05) is 31.1 Å². The molecule has 0 spiro atoms. The molecule has 0 aromatic rings. The van der Waals surface area contributed by atoms with E-state index < -0.39 is 0 Å². The number of rotatable bonds is 7. The van der Waals surface area contributed by atoms with Crippen molar-refractivity contribution in [1.29, 1.82) is 0 Å². The van der Waals surface area contributed by atoms with Gasteiger partial charge in [-0.1, -0.05) is 26.3 Å². The minimum Gasteiger partial charge on any atom is -0.311 e. The first-order valence-corrected chi connectivity index (χ1v) is 8.00. The second kappa shape index (κ2) is 8.17. The molecule has 3 heteroatoms. The van der Waals surface area contributed by atoms with E-state index in [0.29, 0.717) is 12.1 Å². The highest BCUT2D eigenvalue weighted by Crippen LogP contribution is 2.16. The zero-order chi connectivity index (χ0) is 12.7. The first kappa shape index (κ1) is 15.1. The van der Waals surface area contributed by atoms with E-state index in [1.54, 1.807) is 0 Å². The summed E-state index contributed by atoms with van der Waals surface area (Å²) in [5, 5.41) is 3.69. The lowest BCUT2D eigenvalue weighted by Crippen LogP contribution is -2.57. The van der Waals surface area contributed by atoms with Gasteiger partial charge in [-0.3, -0.25) is 4.90 Å². The zero-order valence-corrected chi connectivity index (χ0v) is 12.4. The Labute approximate surface area is 111 Å². The Morgan fingerprint density at radius 1 is 1.59 bits per heavy atom. The smallest absolute Gasteiger partial charge is 0.0221 e. The maximum Gasteiger partial charge on any atom is 0.0221 e. The number of piperazine rings is 1. The molecule has 1 aliphatic rings. The van der Waals surface area contributed by atoms with Crippen molar-refractivity contribution < 1.29 is 0 Å². The van der Waals surface area contributed by atoms with E-state index in [2.05, 4.69) is 37.6 Å². The number of thioether (sulfide) groups is 1. The van der Waals surface area contributed by atoms with Crippen molar-refractivity contribution in [3.63, 3.8) is 0 Å². The SMILES string of the molecule is C=CCSCCN1CC(C(C)CC)NCC1C. The van der Waals surface area contributed by atoms with Gasteiger partial charge in [0.25, 0.3) is 0 Å². The average Bonchev–Trinajstić information content (AvgIpc) is 2.35. The second-order valence-electron chi connectivity index (χ2n) is 5.11. The molecule has 2 nitrogen and oxygen atoms in total. The minimum absolute atomic E-state index is 0.680. The third-order valence-corrected chi connectivity index (χ3v) is 4.76. The van der Waals surface area contributed by atoms with Gasteiger partial charge in [0.05, 0.1) is 0 Å². The molecular weight excluding hydrogens is 228 g/mol. The maximum absolute atomic E-state index is 3.76. The molecule has 1 aliphatic heterocycles. The van der Waals surface area contributed by atoms with Gasteiger partial charge in [-0.2, -0.15) is 11.8 Å². The highest BCUT2D eigenvalue weighted by Gasteiger charge is 2.26. The molecule has 0 aromatic carbocycles. The molecule has 1 fully saturated rings. The molecule has 0 radical (unpaired) electrons. The van der Waals surface area contributed by atoms with Gasteiger partial charge in [0.2, 0.25) is 0 Å². The number of hydrogen-bond donors (Lipinski definition) is 1. The Morgan fingerprint density at radius 2 is 2.35 bits per heavy atom. The Bertz CT molecular complexity index is 220. The fraction of sp³-hybridized carbons (Fsp3) is 0.857. The molecule has 1 rings (SSSR count). The summed E-state index contributed by atoms with van der Waals surface area (Å²) in [5.74, 6) is 3.09. The van der Waals surface area contributed by atoms with Gasteiger partial charge in [0.15, 0.2) is 0 Å². The van der Waals surface area contributed by atoms with E-state index in [1.165, 1.54) is 25.3 Å². The molecule has 1 saturated heterocycles. The van der Waals surface area contributed by atoms with Gasteiger partial charge < -0.3 is 5.32 Å². The van der Waals surface area contributed by atoms with Gasteiger partial charge in [-0.25, -0.2) is 0 Å². The van der Waals surface area contributed by atoms with E-state index in [4.69, 9.17) is 0 Å². The van der Waals surface area contributed by atoms with E-state index in [9.17, 15) is 0 Å². The lowest BCUT2D eigenvalue weighted by Gasteiger charge is -2.41. The van der Waals surface area contributed by atoms with Crippen LogP contribution in [0.2, 0.25) is 0 Å². The van der Waals surface area contributed by atoms with Gasteiger partial charge in [-0.15, -0.1) is 6.58 Å². The average molecular weight is 256 g/mol. The summed E-state index contributed by atoms with van der Waals surface area (Å²) in [7, 11) is 0. The molecule has 1 heterocycles. The van der Waals surface area contributed by atoms with Crippen LogP contribution >= 0.6 is 11.8 Å². The van der Waals surface area contributed by atoms with E-state index in [1.807, 2.05) is 17.8 Å². The lowest BCUT2D eigenvalue weighted by atomic mass is 9.96. The van der Waals surface area contributed by atoms with Crippen LogP contribution in [0, 0.1) is 5.92 Å². The fourth-order valence-corrected chi connectivity index (χ4v) is 2.97. The quantitative estimate of drug-likeness (QED) is 0.557. The van der Waals surface area contributed by atoms with Crippen LogP contribution in [0.15, 0.2) is 12.7 Å². The molecule has 3 unspecified atom stereocenters. The van der Waals surface area contributed by atoms with Crippen LogP contribution in [0.3, 0.4) is 0 Å². The van der Waals surface area contributed by atoms with Crippen LogP contribution < -0.4 is 5.32 Å². The molecule has 0 aromatic heterocycles. The van der Waals surface area contributed by atoms with Crippen molar-refractivity contribution >= 4 is 11.8 Å². The molecular formula is C14H28N2S.